The average molecular weight is 407 g/mol. The Morgan fingerprint density at radius 2 is 0.950 bits per heavy atom. The lowest BCUT2D eigenvalue weighted by Gasteiger charge is -2.00. The lowest BCUT2D eigenvalue weighted by atomic mass is 10.3. The van der Waals surface area contributed by atoms with Gasteiger partial charge in [-0.15, -0.1) is 0 Å². The molecular weight excluding hydrogens is 404 g/mol. The fraction of sp³-hybridized carbons (Fsp3) is 0. The first-order chi connectivity index (χ1) is 9.34. The van der Waals surface area contributed by atoms with Gasteiger partial charge in [0.15, 0.2) is 11.6 Å². The Morgan fingerprint density at radius 1 is 0.550 bits per heavy atom. The Balaban J connectivity index is 2.61. The van der Waals surface area contributed by atoms with Gasteiger partial charge in [0.2, 0.25) is 29.1 Å². The van der Waals surface area contributed by atoms with Crippen molar-refractivity contribution in [3.8, 4) is 0 Å². The molecule has 8 heteroatoms. The summed E-state index contributed by atoms with van der Waals surface area (Å²) in [5.74, 6) is -12.9. The summed E-state index contributed by atoms with van der Waals surface area (Å²) >= 11 is -2.25. The highest BCUT2D eigenvalue weighted by molar-refractivity contribution is 5.13. The van der Waals surface area contributed by atoms with Crippen molar-refractivity contribution in [2.24, 2.45) is 0 Å². The maximum absolute atomic E-state index is 13.4. The van der Waals surface area contributed by atoms with Gasteiger partial charge in [-0.25, -0.2) is 22.0 Å². The fourth-order valence-electron chi connectivity index (χ4n) is 1.32. The minimum Gasteiger partial charge on any atom is -0.202 e. The zero-order valence-corrected chi connectivity index (χ0v) is 11.4. The molecule has 106 valence electrons. The summed E-state index contributed by atoms with van der Waals surface area (Å²) in [6.07, 6.45) is 0. The second kappa shape index (κ2) is 5.58. The molecule has 0 saturated heterocycles. The molecule has 0 nitrogen and oxygen atoms in total. The molecule has 2 aromatic rings. The van der Waals surface area contributed by atoms with Crippen LogP contribution in [0.15, 0.2) is 18.2 Å². The van der Waals surface area contributed by atoms with Gasteiger partial charge in [-0.2, -0.15) is 8.78 Å². The molecule has 0 spiro atoms. The molecule has 2 rings (SSSR count). The molecule has 0 atom stereocenters. The van der Waals surface area contributed by atoms with Crippen molar-refractivity contribution in [1.82, 2.24) is 0 Å². The van der Waals surface area contributed by atoms with Crippen molar-refractivity contribution < 1.29 is 51.9 Å². The van der Waals surface area contributed by atoms with Crippen LogP contribution in [-0.4, -0.2) is 0 Å². The molecule has 0 fully saturated rings. The predicted octanol–water partition coefficient (Wildman–Crippen LogP) is 0.789. The van der Waals surface area contributed by atoms with Crippen LogP contribution in [0.4, 0.5) is 30.7 Å². The van der Waals surface area contributed by atoms with Crippen molar-refractivity contribution >= 4 is 0 Å². The molecule has 0 unspecified atom stereocenters. The molecule has 20 heavy (non-hydrogen) atoms. The Labute approximate surface area is 118 Å². The zero-order chi connectivity index (χ0) is 15.0. The van der Waals surface area contributed by atoms with Crippen LogP contribution in [0.1, 0.15) is 0 Å². The first-order valence-corrected chi connectivity index (χ1v) is 7.10. The summed E-state index contributed by atoms with van der Waals surface area (Å²) in [6.45, 7) is 0. The summed E-state index contributed by atoms with van der Waals surface area (Å²) in [7, 11) is 0. The van der Waals surface area contributed by atoms with E-state index in [-0.39, 0.29) is 0 Å². The molecule has 0 radical (unpaired) electrons. The van der Waals surface area contributed by atoms with Gasteiger partial charge in [0.25, 0.3) is 7.14 Å². The van der Waals surface area contributed by atoms with E-state index in [1.54, 1.807) is 0 Å². The topological polar surface area (TPSA) is 0 Å². The van der Waals surface area contributed by atoms with Crippen LogP contribution < -0.4 is 21.2 Å². The van der Waals surface area contributed by atoms with Gasteiger partial charge in [0.1, 0.15) is 0 Å². The minimum absolute atomic E-state index is 0.672. The highest BCUT2D eigenvalue weighted by atomic mass is 127. The summed E-state index contributed by atoms with van der Waals surface area (Å²) in [5.41, 5.74) is 0. The molecule has 0 bridgehead atoms. The van der Waals surface area contributed by atoms with Crippen LogP contribution in [0.5, 0.6) is 0 Å². The second-order valence-electron chi connectivity index (χ2n) is 3.51. The van der Waals surface area contributed by atoms with Gasteiger partial charge in [-0.05, 0) is 12.1 Å². The standard InChI is InChI=1S/C12H3F7I/c13-4-2-1-3-5(14)11(4)20-12-9(18)7(16)6(15)8(17)10(12)19/h1-3H/q+1. The third-order valence-corrected chi connectivity index (χ3v) is 5.31. The van der Waals surface area contributed by atoms with Crippen LogP contribution in [-0.2, 0) is 0 Å². The third-order valence-electron chi connectivity index (χ3n) is 2.25. The normalized spacial score (nSPS) is 10.9. The van der Waals surface area contributed by atoms with Crippen molar-refractivity contribution in [3.05, 3.63) is 66.1 Å². The number of benzene rings is 2. The minimum atomic E-state index is -2.30. The molecule has 0 amide bonds. The van der Waals surface area contributed by atoms with E-state index < -0.39 is 69.1 Å². The number of hydrogen-bond acceptors (Lipinski definition) is 0. The summed E-state index contributed by atoms with van der Waals surface area (Å²) < 4.78 is 90.5. The molecular formula is C12H3F7I+. The van der Waals surface area contributed by atoms with E-state index in [1.165, 1.54) is 0 Å². The first kappa shape index (κ1) is 15.1. The van der Waals surface area contributed by atoms with Crippen LogP contribution in [0.25, 0.3) is 0 Å². The Bertz CT molecular complexity index is 635. The van der Waals surface area contributed by atoms with Crippen molar-refractivity contribution in [3.63, 3.8) is 0 Å². The van der Waals surface area contributed by atoms with Gasteiger partial charge < -0.3 is 0 Å². The first-order valence-electron chi connectivity index (χ1n) is 4.94. The summed E-state index contributed by atoms with van der Waals surface area (Å²) in [4.78, 5) is 0. The van der Waals surface area contributed by atoms with E-state index >= 15 is 0 Å². The SMILES string of the molecule is Fc1cccc(F)c1[I+]c1c(F)c(F)c(F)c(F)c1F. The third kappa shape index (κ3) is 2.48. The average Bonchev–Trinajstić information content (AvgIpc) is 2.42. The van der Waals surface area contributed by atoms with E-state index in [4.69, 9.17) is 0 Å². The Hall–Kier alpha value is -1.32. The van der Waals surface area contributed by atoms with E-state index in [9.17, 15) is 30.7 Å². The number of halogens is 8. The Morgan fingerprint density at radius 3 is 1.40 bits per heavy atom. The highest BCUT2D eigenvalue weighted by Gasteiger charge is 2.37. The van der Waals surface area contributed by atoms with E-state index in [1.807, 2.05) is 0 Å². The second-order valence-corrected chi connectivity index (χ2v) is 6.21. The van der Waals surface area contributed by atoms with E-state index in [2.05, 4.69) is 0 Å². The van der Waals surface area contributed by atoms with Crippen molar-refractivity contribution in [1.29, 1.82) is 0 Å². The largest absolute Gasteiger partial charge is 0.371 e. The van der Waals surface area contributed by atoms with Gasteiger partial charge in [-0.3, -0.25) is 0 Å². The van der Waals surface area contributed by atoms with Crippen LogP contribution in [0, 0.1) is 47.9 Å². The molecule has 0 aliphatic heterocycles. The molecule has 0 heterocycles. The van der Waals surface area contributed by atoms with Crippen LogP contribution in [0.3, 0.4) is 0 Å². The lowest BCUT2D eigenvalue weighted by Crippen LogP contribution is -3.62. The molecule has 0 N–H and O–H groups in total. The monoisotopic (exact) mass is 407 g/mol. The van der Waals surface area contributed by atoms with Crippen molar-refractivity contribution in [2.75, 3.05) is 0 Å². The van der Waals surface area contributed by atoms with E-state index in [0.717, 1.165) is 18.2 Å². The molecule has 0 aliphatic rings. The van der Waals surface area contributed by atoms with Gasteiger partial charge >= 0.3 is 21.2 Å². The van der Waals surface area contributed by atoms with E-state index in [0.29, 0.717) is 0 Å². The predicted molar refractivity (Wildman–Crippen MR) is 50.0 cm³/mol. The molecule has 2 aromatic carbocycles. The van der Waals surface area contributed by atoms with Crippen LogP contribution >= 0.6 is 0 Å². The smallest absolute Gasteiger partial charge is 0.202 e. The molecule has 0 aliphatic carbocycles. The Kier molecular flexibility index (Phi) is 4.21. The quantitative estimate of drug-likeness (QED) is 0.299. The maximum atomic E-state index is 13.4. The summed E-state index contributed by atoms with van der Waals surface area (Å²) in [6, 6.07) is 2.70. The van der Waals surface area contributed by atoms with Crippen molar-refractivity contribution in [2.45, 2.75) is 0 Å². The lowest BCUT2D eigenvalue weighted by molar-refractivity contribution is -0.609. The van der Waals surface area contributed by atoms with Crippen LogP contribution in [0.2, 0.25) is 0 Å². The van der Waals surface area contributed by atoms with Gasteiger partial charge in [0, 0.05) is 0 Å². The fourth-order valence-corrected chi connectivity index (χ4v) is 3.68. The number of hydrogen-bond donors (Lipinski definition) is 0. The van der Waals surface area contributed by atoms with Gasteiger partial charge in [-0.1, -0.05) is 6.07 Å². The highest BCUT2D eigenvalue weighted by Crippen LogP contribution is 2.17. The summed E-state index contributed by atoms with van der Waals surface area (Å²) in [5, 5.41) is 0. The number of rotatable bonds is 2. The molecule has 0 aromatic heterocycles. The zero-order valence-electron chi connectivity index (χ0n) is 9.26. The maximum Gasteiger partial charge on any atom is 0.371 e. The van der Waals surface area contributed by atoms with Gasteiger partial charge in [0.05, 0.1) is 0 Å². The molecule has 0 saturated carbocycles.